The number of fused-ring (bicyclic) bond motifs is 2. The van der Waals surface area contributed by atoms with E-state index >= 15 is 0 Å². The molecule has 5 nitrogen and oxygen atoms in total. The Morgan fingerprint density at radius 2 is 2.22 bits per heavy atom. The highest BCUT2D eigenvalue weighted by atomic mass is 32.1. The van der Waals surface area contributed by atoms with E-state index in [1.54, 1.807) is 17.7 Å². The van der Waals surface area contributed by atoms with Gasteiger partial charge in [0.05, 0.1) is 12.0 Å². The highest BCUT2D eigenvalue weighted by Gasteiger charge is 2.34. The fraction of sp³-hybridized carbons (Fsp3) is 0.176. The molecule has 0 aliphatic carbocycles. The fourth-order valence-corrected chi connectivity index (χ4v) is 3.96. The molecule has 1 aromatic carbocycles. The Bertz CT molecular complexity index is 923. The summed E-state index contributed by atoms with van der Waals surface area (Å²) >= 11 is 1.65. The molecule has 0 bridgehead atoms. The van der Waals surface area contributed by atoms with Crippen LogP contribution in [0.15, 0.2) is 52.7 Å². The summed E-state index contributed by atoms with van der Waals surface area (Å²) in [5.74, 6) is 0.912. The number of hydrogen-bond acceptors (Lipinski definition) is 5. The number of imidazole rings is 1. The van der Waals surface area contributed by atoms with Crippen LogP contribution < -0.4 is 4.90 Å². The number of anilines is 1. The number of thiazole rings is 1. The molecule has 1 N–H and O–H groups in total. The summed E-state index contributed by atoms with van der Waals surface area (Å²) in [5, 5.41) is 4.12. The largest absolute Gasteiger partial charge is 0.458 e. The molecule has 0 saturated carbocycles. The van der Waals surface area contributed by atoms with Crippen molar-refractivity contribution in [1.29, 1.82) is 0 Å². The van der Waals surface area contributed by atoms with Crippen LogP contribution in [0.25, 0.3) is 11.0 Å². The normalized spacial score (nSPS) is 17.6. The van der Waals surface area contributed by atoms with E-state index in [2.05, 4.69) is 32.0 Å². The maximum absolute atomic E-state index is 6.14. The van der Waals surface area contributed by atoms with Crippen LogP contribution in [-0.2, 0) is 6.42 Å². The van der Waals surface area contributed by atoms with Crippen LogP contribution in [0.5, 0.6) is 0 Å². The lowest BCUT2D eigenvalue weighted by molar-refractivity contribution is 0.487. The topological polar surface area (TPSA) is 58.0 Å². The summed E-state index contributed by atoms with van der Waals surface area (Å²) in [6.45, 7) is 0.893. The van der Waals surface area contributed by atoms with Crippen molar-refractivity contribution in [3.63, 3.8) is 0 Å². The molecule has 0 fully saturated rings. The number of furan rings is 1. The van der Waals surface area contributed by atoms with Gasteiger partial charge in [0.1, 0.15) is 17.4 Å². The molecule has 0 spiro atoms. The van der Waals surface area contributed by atoms with Crippen LogP contribution in [0.3, 0.4) is 0 Å². The Balaban J connectivity index is 1.69. The van der Waals surface area contributed by atoms with Gasteiger partial charge in [0, 0.05) is 35.6 Å². The van der Waals surface area contributed by atoms with E-state index in [-0.39, 0.29) is 6.04 Å². The molecule has 4 aromatic rings. The zero-order valence-electron chi connectivity index (χ0n) is 12.3. The van der Waals surface area contributed by atoms with Gasteiger partial charge in [0.2, 0.25) is 0 Å². The van der Waals surface area contributed by atoms with Crippen molar-refractivity contribution in [2.75, 3.05) is 11.4 Å². The van der Waals surface area contributed by atoms with Crippen molar-refractivity contribution in [2.24, 2.45) is 0 Å². The third-order valence-corrected chi connectivity index (χ3v) is 5.11. The van der Waals surface area contributed by atoms with Gasteiger partial charge in [0.25, 0.3) is 0 Å². The average Bonchev–Trinajstić information content (AvgIpc) is 3.32. The molecule has 4 heterocycles. The molecule has 6 heteroatoms. The number of rotatable bonds is 2. The first-order valence-corrected chi connectivity index (χ1v) is 8.45. The van der Waals surface area contributed by atoms with Crippen molar-refractivity contribution >= 4 is 27.4 Å². The lowest BCUT2D eigenvalue weighted by Crippen LogP contribution is -2.36. The molecule has 3 aromatic heterocycles. The van der Waals surface area contributed by atoms with E-state index in [0.717, 1.165) is 40.5 Å². The SMILES string of the molecule is c1ccc2oc([C@@H]3c4nc[nH]c4CCN3c3nccs3)cc2c1. The number of aromatic amines is 1. The Morgan fingerprint density at radius 1 is 1.26 bits per heavy atom. The number of benzene rings is 1. The summed E-state index contributed by atoms with van der Waals surface area (Å²) in [6.07, 6.45) is 4.55. The molecule has 114 valence electrons. The minimum Gasteiger partial charge on any atom is -0.458 e. The Kier molecular flexibility index (Phi) is 2.78. The van der Waals surface area contributed by atoms with E-state index in [1.165, 1.54) is 5.69 Å². The van der Waals surface area contributed by atoms with E-state index in [4.69, 9.17) is 4.42 Å². The third kappa shape index (κ3) is 1.98. The van der Waals surface area contributed by atoms with Gasteiger partial charge in [-0.2, -0.15) is 0 Å². The van der Waals surface area contributed by atoms with Crippen LogP contribution in [-0.4, -0.2) is 21.5 Å². The third-order valence-electron chi connectivity index (χ3n) is 4.30. The molecule has 0 unspecified atom stereocenters. The molecular formula is C17H14N4OS. The monoisotopic (exact) mass is 322 g/mol. The minimum absolute atomic E-state index is 0.0384. The quantitative estimate of drug-likeness (QED) is 0.610. The number of nitrogens with one attached hydrogen (secondary N) is 1. The zero-order chi connectivity index (χ0) is 15.2. The van der Waals surface area contributed by atoms with Crippen molar-refractivity contribution in [2.45, 2.75) is 12.5 Å². The number of nitrogens with zero attached hydrogens (tertiary/aromatic N) is 3. The second-order valence-electron chi connectivity index (χ2n) is 5.61. The molecular weight excluding hydrogens is 308 g/mol. The molecule has 23 heavy (non-hydrogen) atoms. The van der Waals surface area contributed by atoms with Crippen molar-refractivity contribution in [3.8, 4) is 0 Å². The first kappa shape index (κ1) is 12.9. The number of H-pyrrole nitrogens is 1. The standard InChI is InChI=1S/C17H14N4OS/c1-2-4-13-11(3-1)9-14(22-13)16-15-12(19-10-20-15)5-7-21(16)17-18-6-8-23-17/h1-4,6,8-10,16H,5,7H2,(H,19,20)/t16-/m1/s1. The maximum Gasteiger partial charge on any atom is 0.186 e. The predicted octanol–water partition coefficient (Wildman–Crippen LogP) is 3.76. The Morgan fingerprint density at radius 3 is 3.09 bits per heavy atom. The van der Waals surface area contributed by atoms with Gasteiger partial charge in [-0.25, -0.2) is 9.97 Å². The molecule has 1 atom stereocenters. The fourth-order valence-electron chi connectivity index (χ4n) is 3.27. The van der Waals surface area contributed by atoms with Crippen LogP contribution >= 0.6 is 11.3 Å². The van der Waals surface area contributed by atoms with Gasteiger partial charge in [-0.05, 0) is 12.1 Å². The van der Waals surface area contributed by atoms with Crippen molar-refractivity contribution < 1.29 is 4.42 Å². The predicted molar refractivity (Wildman–Crippen MR) is 89.8 cm³/mol. The molecule has 1 aliphatic heterocycles. The minimum atomic E-state index is -0.0384. The number of aromatic nitrogens is 3. The maximum atomic E-state index is 6.14. The number of hydrogen-bond donors (Lipinski definition) is 1. The van der Waals surface area contributed by atoms with Gasteiger partial charge < -0.3 is 14.3 Å². The second kappa shape index (κ2) is 4.96. The van der Waals surface area contributed by atoms with Crippen LogP contribution in [0, 0.1) is 0 Å². The lowest BCUT2D eigenvalue weighted by atomic mass is 10.0. The van der Waals surface area contributed by atoms with Crippen LogP contribution in [0.2, 0.25) is 0 Å². The highest BCUT2D eigenvalue weighted by molar-refractivity contribution is 7.13. The van der Waals surface area contributed by atoms with Gasteiger partial charge >= 0.3 is 0 Å². The first-order valence-electron chi connectivity index (χ1n) is 7.57. The van der Waals surface area contributed by atoms with E-state index in [1.807, 2.05) is 29.8 Å². The first-order chi connectivity index (χ1) is 11.4. The molecule has 0 saturated heterocycles. The summed E-state index contributed by atoms with van der Waals surface area (Å²) in [4.78, 5) is 14.6. The zero-order valence-corrected chi connectivity index (χ0v) is 13.1. The van der Waals surface area contributed by atoms with Gasteiger partial charge in [0.15, 0.2) is 5.13 Å². The number of para-hydroxylation sites is 1. The smallest absolute Gasteiger partial charge is 0.186 e. The summed E-state index contributed by atoms with van der Waals surface area (Å²) < 4.78 is 6.14. The van der Waals surface area contributed by atoms with Crippen molar-refractivity contribution in [3.05, 3.63) is 65.4 Å². The molecule has 5 rings (SSSR count). The van der Waals surface area contributed by atoms with E-state index < -0.39 is 0 Å². The van der Waals surface area contributed by atoms with E-state index in [9.17, 15) is 0 Å². The highest BCUT2D eigenvalue weighted by Crippen LogP contribution is 2.39. The van der Waals surface area contributed by atoms with Crippen molar-refractivity contribution in [1.82, 2.24) is 15.0 Å². The summed E-state index contributed by atoms with van der Waals surface area (Å²) in [5.41, 5.74) is 3.12. The molecule has 0 radical (unpaired) electrons. The van der Waals surface area contributed by atoms with Gasteiger partial charge in [-0.3, -0.25) is 0 Å². The Labute approximate surface area is 136 Å². The summed E-state index contributed by atoms with van der Waals surface area (Å²) in [6, 6.07) is 10.2. The molecule has 0 amide bonds. The van der Waals surface area contributed by atoms with Gasteiger partial charge in [-0.1, -0.05) is 18.2 Å². The Hall–Kier alpha value is -2.60. The average molecular weight is 322 g/mol. The molecule has 1 aliphatic rings. The second-order valence-corrected chi connectivity index (χ2v) is 6.49. The summed E-state index contributed by atoms with van der Waals surface area (Å²) in [7, 11) is 0. The van der Waals surface area contributed by atoms with E-state index in [0.29, 0.717) is 0 Å². The van der Waals surface area contributed by atoms with Crippen LogP contribution in [0.4, 0.5) is 5.13 Å². The van der Waals surface area contributed by atoms with Gasteiger partial charge in [-0.15, -0.1) is 11.3 Å². The lowest BCUT2D eigenvalue weighted by Gasteiger charge is -2.33. The van der Waals surface area contributed by atoms with Crippen LogP contribution in [0.1, 0.15) is 23.2 Å².